The smallest absolute Gasteiger partial charge is 0.353 e. The zero-order valence-corrected chi connectivity index (χ0v) is 9.54. The van der Waals surface area contributed by atoms with Gasteiger partial charge in [-0.2, -0.15) is 4.99 Å². The summed E-state index contributed by atoms with van der Waals surface area (Å²) in [5.41, 5.74) is 4.02. The molecule has 0 aromatic rings. The summed E-state index contributed by atoms with van der Waals surface area (Å²) in [6.45, 7) is 0. The highest BCUT2D eigenvalue weighted by molar-refractivity contribution is 6.10. The van der Waals surface area contributed by atoms with Gasteiger partial charge in [-0.05, 0) is 0 Å². The molecule has 2 rings (SSSR count). The Hall–Kier alpha value is -2.12. The van der Waals surface area contributed by atoms with Gasteiger partial charge in [0.15, 0.2) is 0 Å². The number of fused-ring (bicyclic) bond motifs is 1. The molecule has 1 saturated heterocycles. The zero-order chi connectivity index (χ0) is 12.8. The van der Waals surface area contributed by atoms with Gasteiger partial charge in [0.1, 0.15) is 0 Å². The number of amides is 1. The maximum absolute atomic E-state index is 11.6. The maximum atomic E-state index is 11.6. The van der Waals surface area contributed by atoms with Crippen molar-refractivity contribution in [2.45, 2.75) is 18.5 Å². The topological polar surface area (TPSA) is 112 Å². The third-order valence-corrected chi connectivity index (χ3v) is 2.78. The third kappa shape index (κ3) is 1.44. The van der Waals surface area contributed by atoms with Gasteiger partial charge in [0.05, 0.1) is 0 Å². The first-order valence-electron chi connectivity index (χ1n) is 5.06. The molecule has 1 unspecified atom stereocenters. The van der Waals surface area contributed by atoms with Gasteiger partial charge in [-0.1, -0.05) is 0 Å². The van der Waals surface area contributed by atoms with Gasteiger partial charge < -0.3 is 15.7 Å². The molecular weight excluding hydrogens is 226 g/mol. The first-order chi connectivity index (χ1) is 7.88. The summed E-state index contributed by atoms with van der Waals surface area (Å²) < 4.78 is 0. The summed E-state index contributed by atoms with van der Waals surface area (Å²) >= 11 is 0. The minimum absolute atomic E-state index is 0.104. The normalized spacial score (nSPS) is 27.4. The van der Waals surface area contributed by atoms with E-state index in [1.54, 1.807) is 19.0 Å². The number of aliphatic imine (C=N–C) groups is 2. The monoisotopic (exact) mass is 239 g/mol. The fraction of sp³-hybridized carbons (Fsp3) is 0.556. The molecule has 1 amide bonds. The number of aliphatic carboxylic acids is 1. The molecule has 0 bridgehead atoms. The molecule has 92 valence electrons. The first kappa shape index (κ1) is 11.4. The van der Waals surface area contributed by atoms with Gasteiger partial charge in [-0.25, -0.2) is 14.7 Å². The average Bonchev–Trinajstić information content (AvgIpc) is 2.58. The lowest BCUT2D eigenvalue weighted by molar-refractivity contribution is -0.150. The lowest BCUT2D eigenvalue weighted by Crippen LogP contribution is -2.59. The minimum Gasteiger partial charge on any atom is -0.478 e. The van der Waals surface area contributed by atoms with E-state index in [2.05, 4.69) is 9.98 Å². The molecule has 1 atom stereocenters. The standard InChI is InChI=1S/C9H13N5O3/c1-13(2)8-11-7(10)14-5(15)3-4-9(14,12-8)6(16)17/h3-4H2,1-2H3,(H,16,17)(H2,10,11,12). The summed E-state index contributed by atoms with van der Waals surface area (Å²) in [5, 5.41) is 9.30. The second-order valence-electron chi connectivity index (χ2n) is 4.13. The molecule has 8 heteroatoms. The highest BCUT2D eigenvalue weighted by Gasteiger charge is 2.55. The highest BCUT2D eigenvalue weighted by atomic mass is 16.4. The fourth-order valence-electron chi connectivity index (χ4n) is 1.93. The Morgan fingerprint density at radius 2 is 2.24 bits per heavy atom. The van der Waals surface area contributed by atoms with E-state index in [-0.39, 0.29) is 30.7 Å². The van der Waals surface area contributed by atoms with Gasteiger partial charge in [-0.15, -0.1) is 0 Å². The molecule has 0 aliphatic carbocycles. The Kier molecular flexibility index (Phi) is 2.30. The van der Waals surface area contributed by atoms with Crippen molar-refractivity contribution in [3.63, 3.8) is 0 Å². The van der Waals surface area contributed by atoms with Crippen LogP contribution in [0, 0.1) is 0 Å². The number of guanidine groups is 2. The van der Waals surface area contributed by atoms with Gasteiger partial charge in [0.25, 0.3) is 0 Å². The van der Waals surface area contributed by atoms with Gasteiger partial charge in [0, 0.05) is 26.9 Å². The minimum atomic E-state index is -1.62. The van der Waals surface area contributed by atoms with Crippen molar-refractivity contribution < 1.29 is 14.7 Å². The highest BCUT2D eigenvalue weighted by Crippen LogP contribution is 2.34. The molecule has 1 fully saturated rings. The van der Waals surface area contributed by atoms with Crippen molar-refractivity contribution in [1.29, 1.82) is 0 Å². The summed E-state index contributed by atoms with van der Waals surface area (Å²) in [6.07, 6.45) is 0.210. The van der Waals surface area contributed by atoms with Crippen molar-refractivity contribution in [1.82, 2.24) is 9.80 Å². The Morgan fingerprint density at radius 3 is 2.76 bits per heavy atom. The van der Waals surface area contributed by atoms with E-state index in [0.29, 0.717) is 0 Å². The molecule has 2 aliphatic heterocycles. The summed E-state index contributed by atoms with van der Waals surface area (Å²) in [6, 6.07) is 0. The number of carbonyl (C=O) groups is 2. The van der Waals surface area contributed by atoms with Crippen LogP contribution in [0.5, 0.6) is 0 Å². The van der Waals surface area contributed by atoms with E-state index in [1.165, 1.54) is 0 Å². The second kappa shape index (κ2) is 3.44. The number of carboxylic acid groups (broad SMARTS) is 1. The van der Waals surface area contributed by atoms with Crippen molar-refractivity contribution in [2.24, 2.45) is 15.7 Å². The second-order valence-corrected chi connectivity index (χ2v) is 4.13. The first-order valence-corrected chi connectivity index (χ1v) is 5.06. The van der Waals surface area contributed by atoms with E-state index < -0.39 is 11.6 Å². The van der Waals surface area contributed by atoms with Crippen LogP contribution < -0.4 is 5.73 Å². The van der Waals surface area contributed by atoms with Crippen LogP contribution in [0.4, 0.5) is 0 Å². The molecule has 0 aromatic carbocycles. The van der Waals surface area contributed by atoms with E-state index in [4.69, 9.17) is 5.73 Å². The lowest BCUT2D eigenvalue weighted by atomic mass is 10.1. The Balaban J connectivity index is 2.56. The number of nitrogens with two attached hydrogens (primary N) is 1. The van der Waals surface area contributed by atoms with Crippen LogP contribution in [0.2, 0.25) is 0 Å². The number of carbonyl (C=O) groups excluding carboxylic acids is 1. The van der Waals surface area contributed by atoms with Crippen LogP contribution in [0.3, 0.4) is 0 Å². The molecular formula is C9H13N5O3. The van der Waals surface area contributed by atoms with Crippen molar-refractivity contribution in [3.05, 3.63) is 0 Å². The van der Waals surface area contributed by atoms with Crippen LogP contribution in [0.25, 0.3) is 0 Å². The Bertz CT molecular complexity index is 456. The summed E-state index contributed by atoms with van der Waals surface area (Å²) in [4.78, 5) is 33.5. The summed E-state index contributed by atoms with van der Waals surface area (Å²) in [5.74, 6) is -1.47. The summed E-state index contributed by atoms with van der Waals surface area (Å²) in [7, 11) is 3.36. The fourth-order valence-corrected chi connectivity index (χ4v) is 1.93. The van der Waals surface area contributed by atoms with Crippen LogP contribution in [0.1, 0.15) is 12.8 Å². The van der Waals surface area contributed by atoms with E-state index in [1.807, 2.05) is 0 Å². The van der Waals surface area contributed by atoms with E-state index in [0.717, 1.165) is 4.90 Å². The molecule has 8 nitrogen and oxygen atoms in total. The molecule has 0 saturated carbocycles. The number of rotatable bonds is 1. The lowest BCUT2D eigenvalue weighted by Gasteiger charge is -2.34. The van der Waals surface area contributed by atoms with Crippen LogP contribution in [0.15, 0.2) is 9.98 Å². The van der Waals surface area contributed by atoms with Crippen LogP contribution in [-0.4, -0.2) is 58.5 Å². The third-order valence-electron chi connectivity index (χ3n) is 2.78. The number of carboxylic acids is 1. The van der Waals surface area contributed by atoms with Gasteiger partial charge in [-0.3, -0.25) is 4.79 Å². The number of hydrogen-bond acceptors (Lipinski definition) is 6. The number of nitrogens with zero attached hydrogens (tertiary/aromatic N) is 4. The SMILES string of the molecule is CN(C)C1=NC2(C(=O)O)CCC(=O)N2C(N)=N1. The maximum Gasteiger partial charge on any atom is 0.353 e. The molecule has 0 aromatic heterocycles. The Labute approximate surface area is 97.4 Å². The Morgan fingerprint density at radius 1 is 1.59 bits per heavy atom. The predicted molar refractivity (Wildman–Crippen MR) is 59.2 cm³/mol. The predicted octanol–water partition coefficient (Wildman–Crippen LogP) is -1.36. The van der Waals surface area contributed by atoms with Crippen LogP contribution in [-0.2, 0) is 9.59 Å². The van der Waals surface area contributed by atoms with Crippen molar-refractivity contribution in [3.8, 4) is 0 Å². The van der Waals surface area contributed by atoms with E-state index in [9.17, 15) is 14.7 Å². The van der Waals surface area contributed by atoms with Gasteiger partial charge >= 0.3 is 5.97 Å². The average molecular weight is 239 g/mol. The van der Waals surface area contributed by atoms with E-state index >= 15 is 0 Å². The van der Waals surface area contributed by atoms with Crippen molar-refractivity contribution in [2.75, 3.05) is 14.1 Å². The quantitative estimate of drug-likeness (QED) is 0.586. The zero-order valence-electron chi connectivity index (χ0n) is 9.54. The number of hydrogen-bond donors (Lipinski definition) is 2. The molecule has 2 aliphatic rings. The van der Waals surface area contributed by atoms with Crippen molar-refractivity contribution >= 4 is 23.8 Å². The molecule has 0 spiro atoms. The molecule has 17 heavy (non-hydrogen) atoms. The van der Waals surface area contributed by atoms with Crippen LogP contribution >= 0.6 is 0 Å². The van der Waals surface area contributed by atoms with Gasteiger partial charge in [0.2, 0.25) is 23.5 Å². The molecule has 2 heterocycles. The largest absolute Gasteiger partial charge is 0.478 e. The molecule has 0 radical (unpaired) electrons. The molecule has 3 N–H and O–H groups in total.